The maximum absolute atomic E-state index is 10.8. The van der Waals surface area contributed by atoms with Crippen LogP contribution in [0.3, 0.4) is 0 Å². The first-order chi connectivity index (χ1) is 6.99. The molecule has 0 unspecified atom stereocenters. The van der Waals surface area contributed by atoms with E-state index in [4.69, 9.17) is 4.74 Å². The molecule has 0 bridgehead atoms. The summed E-state index contributed by atoms with van der Waals surface area (Å²) >= 11 is 1.69. The summed E-state index contributed by atoms with van der Waals surface area (Å²) in [5.74, 6) is 0.532. The van der Waals surface area contributed by atoms with Crippen molar-refractivity contribution in [2.75, 3.05) is 5.75 Å². The lowest BCUT2D eigenvalue weighted by atomic mass is 10.2. The molecule has 0 fully saturated rings. The molecule has 0 saturated carbocycles. The predicted molar refractivity (Wildman–Crippen MR) is 63.0 cm³/mol. The second kappa shape index (κ2) is 5.21. The summed E-state index contributed by atoms with van der Waals surface area (Å²) in [6.07, 6.45) is 0. The van der Waals surface area contributed by atoms with Crippen LogP contribution in [0.25, 0.3) is 0 Å². The lowest BCUT2D eigenvalue weighted by Gasteiger charge is -2.23. The number of rotatable bonds is 4. The van der Waals surface area contributed by atoms with Crippen LogP contribution in [-0.2, 0) is 9.53 Å². The van der Waals surface area contributed by atoms with Crippen molar-refractivity contribution in [1.29, 1.82) is 0 Å². The number of hydrogen-bond acceptors (Lipinski definition) is 3. The van der Waals surface area contributed by atoms with Gasteiger partial charge in [-0.1, -0.05) is 18.2 Å². The molecule has 0 spiro atoms. The summed E-state index contributed by atoms with van der Waals surface area (Å²) in [5, 5.41) is 0. The van der Waals surface area contributed by atoms with Crippen molar-refractivity contribution in [3.8, 4) is 0 Å². The number of carbonyl (C=O) groups is 1. The Kier molecular flexibility index (Phi) is 4.21. The van der Waals surface area contributed by atoms with Crippen LogP contribution in [0.15, 0.2) is 35.2 Å². The van der Waals surface area contributed by atoms with Gasteiger partial charge in [-0.3, -0.25) is 4.79 Å². The Morgan fingerprint density at radius 2 is 1.93 bits per heavy atom. The van der Waals surface area contributed by atoms with Crippen LogP contribution in [0, 0.1) is 0 Å². The van der Waals surface area contributed by atoms with E-state index in [9.17, 15) is 4.79 Å². The first-order valence-corrected chi connectivity index (χ1v) is 5.86. The van der Waals surface area contributed by atoms with Gasteiger partial charge in [0.2, 0.25) is 0 Å². The minimum Gasteiger partial charge on any atom is -0.459 e. The van der Waals surface area contributed by atoms with Gasteiger partial charge in [0.05, 0.1) is 0 Å². The van der Waals surface area contributed by atoms with E-state index in [1.165, 1.54) is 11.8 Å². The molecule has 1 aromatic carbocycles. The van der Waals surface area contributed by atoms with Crippen LogP contribution >= 0.6 is 11.8 Å². The fourth-order valence-corrected chi connectivity index (χ4v) is 2.12. The molecule has 82 valence electrons. The van der Waals surface area contributed by atoms with Gasteiger partial charge in [-0.25, -0.2) is 0 Å². The topological polar surface area (TPSA) is 26.3 Å². The number of hydrogen-bond donors (Lipinski definition) is 0. The Hall–Kier alpha value is -0.960. The molecule has 1 aromatic rings. The monoisotopic (exact) mass is 224 g/mol. The third-order valence-electron chi connectivity index (χ3n) is 1.75. The standard InChI is InChI=1S/C12H16O2S/c1-10(13)14-12(2,3)9-15-11-7-5-4-6-8-11/h4-8H,9H2,1-3H3. The van der Waals surface area contributed by atoms with E-state index in [-0.39, 0.29) is 5.97 Å². The largest absolute Gasteiger partial charge is 0.459 e. The maximum atomic E-state index is 10.8. The zero-order chi connectivity index (χ0) is 11.3. The molecular formula is C12H16O2S. The summed E-state index contributed by atoms with van der Waals surface area (Å²) in [6.45, 7) is 5.28. The fraction of sp³-hybridized carbons (Fsp3) is 0.417. The minimum absolute atomic E-state index is 0.228. The Morgan fingerprint density at radius 3 is 2.47 bits per heavy atom. The van der Waals surface area contributed by atoms with Crippen molar-refractivity contribution < 1.29 is 9.53 Å². The van der Waals surface area contributed by atoms with Gasteiger partial charge in [-0.15, -0.1) is 11.8 Å². The summed E-state index contributed by atoms with van der Waals surface area (Å²) in [6, 6.07) is 10.1. The molecule has 0 aliphatic carbocycles. The van der Waals surface area contributed by atoms with Gasteiger partial charge in [-0.05, 0) is 26.0 Å². The van der Waals surface area contributed by atoms with Crippen molar-refractivity contribution in [3.05, 3.63) is 30.3 Å². The SMILES string of the molecule is CC(=O)OC(C)(C)CSc1ccccc1. The van der Waals surface area contributed by atoms with Gasteiger partial charge in [0.25, 0.3) is 0 Å². The van der Waals surface area contributed by atoms with E-state index >= 15 is 0 Å². The van der Waals surface area contributed by atoms with Crippen LogP contribution in [0.1, 0.15) is 20.8 Å². The first kappa shape index (κ1) is 12.1. The smallest absolute Gasteiger partial charge is 0.303 e. The van der Waals surface area contributed by atoms with Gasteiger partial charge < -0.3 is 4.74 Å². The van der Waals surface area contributed by atoms with Crippen LogP contribution < -0.4 is 0 Å². The van der Waals surface area contributed by atoms with Gasteiger partial charge in [0.15, 0.2) is 0 Å². The third-order valence-corrected chi connectivity index (χ3v) is 3.19. The number of esters is 1. The average molecular weight is 224 g/mol. The molecule has 3 heteroatoms. The van der Waals surface area contributed by atoms with Crippen LogP contribution in [0.5, 0.6) is 0 Å². The third kappa shape index (κ3) is 4.88. The van der Waals surface area contributed by atoms with Gasteiger partial charge in [-0.2, -0.15) is 0 Å². The average Bonchev–Trinajstić information content (AvgIpc) is 2.15. The molecule has 0 heterocycles. The van der Waals surface area contributed by atoms with Crippen molar-refractivity contribution in [2.24, 2.45) is 0 Å². The zero-order valence-electron chi connectivity index (χ0n) is 9.32. The predicted octanol–water partition coefficient (Wildman–Crippen LogP) is 3.12. The van der Waals surface area contributed by atoms with E-state index in [0.29, 0.717) is 0 Å². The lowest BCUT2D eigenvalue weighted by Crippen LogP contribution is -2.29. The summed E-state index contributed by atoms with van der Waals surface area (Å²) in [5.41, 5.74) is -0.410. The molecule has 0 aliphatic rings. The fourth-order valence-electron chi connectivity index (χ4n) is 1.19. The summed E-state index contributed by atoms with van der Waals surface area (Å²) < 4.78 is 5.20. The number of thioether (sulfide) groups is 1. The number of carbonyl (C=O) groups excluding carboxylic acids is 1. The summed E-state index contributed by atoms with van der Waals surface area (Å²) in [4.78, 5) is 12.0. The highest BCUT2D eigenvalue weighted by Crippen LogP contribution is 2.24. The Bertz CT molecular complexity index is 320. The van der Waals surface area contributed by atoms with E-state index in [1.54, 1.807) is 11.8 Å². The van der Waals surface area contributed by atoms with Crippen molar-refractivity contribution in [1.82, 2.24) is 0 Å². The molecule has 0 N–H and O–H groups in total. The minimum atomic E-state index is -0.410. The lowest BCUT2D eigenvalue weighted by molar-refractivity contribution is -0.151. The molecule has 2 nitrogen and oxygen atoms in total. The maximum Gasteiger partial charge on any atom is 0.303 e. The Balaban J connectivity index is 2.46. The van der Waals surface area contributed by atoms with Crippen molar-refractivity contribution in [3.63, 3.8) is 0 Å². The van der Waals surface area contributed by atoms with E-state index in [2.05, 4.69) is 12.1 Å². The molecule has 0 atom stereocenters. The highest BCUT2D eigenvalue weighted by molar-refractivity contribution is 7.99. The first-order valence-electron chi connectivity index (χ1n) is 4.87. The molecule has 0 saturated heterocycles. The Labute approximate surface area is 95.0 Å². The molecule has 15 heavy (non-hydrogen) atoms. The van der Waals surface area contributed by atoms with Crippen molar-refractivity contribution in [2.45, 2.75) is 31.3 Å². The molecule has 0 aliphatic heterocycles. The Morgan fingerprint density at radius 1 is 1.33 bits per heavy atom. The highest BCUT2D eigenvalue weighted by Gasteiger charge is 2.21. The second-order valence-corrected chi connectivity index (χ2v) is 5.00. The van der Waals surface area contributed by atoms with Gasteiger partial charge >= 0.3 is 5.97 Å². The van der Waals surface area contributed by atoms with Crippen LogP contribution in [0.4, 0.5) is 0 Å². The van der Waals surface area contributed by atoms with Crippen LogP contribution in [0.2, 0.25) is 0 Å². The number of ether oxygens (including phenoxy) is 1. The molecular weight excluding hydrogens is 208 g/mol. The highest BCUT2D eigenvalue weighted by atomic mass is 32.2. The normalized spacial score (nSPS) is 11.1. The quantitative estimate of drug-likeness (QED) is 0.580. The number of benzene rings is 1. The van der Waals surface area contributed by atoms with Gasteiger partial charge in [0.1, 0.15) is 5.60 Å². The van der Waals surface area contributed by atoms with E-state index in [0.717, 1.165) is 5.75 Å². The van der Waals surface area contributed by atoms with E-state index in [1.807, 2.05) is 32.0 Å². The van der Waals surface area contributed by atoms with Crippen LogP contribution in [-0.4, -0.2) is 17.3 Å². The molecule has 1 rings (SSSR count). The molecule has 0 amide bonds. The second-order valence-electron chi connectivity index (χ2n) is 3.96. The summed E-state index contributed by atoms with van der Waals surface area (Å²) in [7, 11) is 0. The molecule has 0 radical (unpaired) electrons. The van der Waals surface area contributed by atoms with Crippen molar-refractivity contribution >= 4 is 17.7 Å². The van der Waals surface area contributed by atoms with E-state index < -0.39 is 5.60 Å². The van der Waals surface area contributed by atoms with Gasteiger partial charge in [0, 0.05) is 17.6 Å². The molecule has 0 aromatic heterocycles. The zero-order valence-corrected chi connectivity index (χ0v) is 10.1.